The van der Waals surface area contributed by atoms with E-state index in [-0.39, 0.29) is 5.91 Å². The second kappa shape index (κ2) is 6.68. The van der Waals surface area contributed by atoms with E-state index in [2.05, 4.69) is 20.6 Å². The highest BCUT2D eigenvalue weighted by molar-refractivity contribution is 7.19. The van der Waals surface area contributed by atoms with Crippen LogP contribution in [0.1, 0.15) is 28.7 Å². The molecule has 26 heavy (non-hydrogen) atoms. The normalized spacial score (nSPS) is 11.0. The van der Waals surface area contributed by atoms with Gasteiger partial charge in [0.2, 0.25) is 4.96 Å². The van der Waals surface area contributed by atoms with Crippen LogP contribution in [0.5, 0.6) is 0 Å². The van der Waals surface area contributed by atoms with Gasteiger partial charge in [-0.15, -0.1) is 10.2 Å². The van der Waals surface area contributed by atoms with Crippen LogP contribution >= 0.6 is 11.3 Å². The molecule has 0 radical (unpaired) electrons. The standard InChI is InChI=1S/C19H17N5OS/c1-3-16-21-22-19-24(16)23-18(26-19)13-7-9-15(10-8-13)20-17(25)14-6-4-5-12(2)11-14/h4-11H,3H2,1-2H3,(H,20,25). The molecule has 0 unspecified atom stereocenters. The lowest BCUT2D eigenvalue weighted by Gasteiger charge is -2.06. The van der Waals surface area contributed by atoms with Gasteiger partial charge in [-0.05, 0) is 43.3 Å². The largest absolute Gasteiger partial charge is 0.322 e. The van der Waals surface area contributed by atoms with Crippen molar-refractivity contribution >= 4 is 27.9 Å². The lowest BCUT2D eigenvalue weighted by Crippen LogP contribution is -2.11. The Morgan fingerprint density at radius 3 is 2.69 bits per heavy atom. The van der Waals surface area contributed by atoms with E-state index in [0.717, 1.165) is 39.0 Å². The first kappa shape index (κ1) is 16.4. The molecule has 0 saturated heterocycles. The highest BCUT2D eigenvalue weighted by atomic mass is 32.1. The summed E-state index contributed by atoms with van der Waals surface area (Å²) in [7, 11) is 0. The highest BCUT2D eigenvalue weighted by Crippen LogP contribution is 2.26. The molecule has 0 atom stereocenters. The number of aryl methyl sites for hydroxylation is 2. The minimum Gasteiger partial charge on any atom is -0.322 e. The van der Waals surface area contributed by atoms with Crippen LogP contribution in [-0.2, 0) is 6.42 Å². The van der Waals surface area contributed by atoms with E-state index in [0.29, 0.717) is 5.56 Å². The van der Waals surface area contributed by atoms with Gasteiger partial charge in [0.1, 0.15) is 5.01 Å². The van der Waals surface area contributed by atoms with Crippen molar-refractivity contribution in [2.45, 2.75) is 20.3 Å². The van der Waals surface area contributed by atoms with Gasteiger partial charge in [-0.3, -0.25) is 4.79 Å². The molecule has 6 nitrogen and oxygen atoms in total. The van der Waals surface area contributed by atoms with Crippen molar-refractivity contribution < 1.29 is 4.79 Å². The Labute approximate surface area is 154 Å². The minimum absolute atomic E-state index is 0.118. The molecule has 130 valence electrons. The zero-order chi connectivity index (χ0) is 18.1. The van der Waals surface area contributed by atoms with Crippen LogP contribution < -0.4 is 5.32 Å². The summed E-state index contributed by atoms with van der Waals surface area (Å²) in [5.41, 5.74) is 3.44. The van der Waals surface area contributed by atoms with E-state index < -0.39 is 0 Å². The zero-order valence-corrected chi connectivity index (χ0v) is 15.2. The van der Waals surface area contributed by atoms with Gasteiger partial charge in [-0.2, -0.15) is 9.61 Å². The molecule has 0 aliphatic carbocycles. The van der Waals surface area contributed by atoms with E-state index in [1.54, 1.807) is 10.6 Å². The van der Waals surface area contributed by atoms with Crippen LogP contribution in [0.25, 0.3) is 15.5 Å². The van der Waals surface area contributed by atoms with Crippen molar-refractivity contribution in [3.05, 3.63) is 65.5 Å². The van der Waals surface area contributed by atoms with Crippen LogP contribution in [0.4, 0.5) is 5.69 Å². The van der Waals surface area contributed by atoms with Crippen LogP contribution in [-0.4, -0.2) is 25.7 Å². The molecular weight excluding hydrogens is 346 g/mol. The SMILES string of the molecule is CCc1nnc2sc(-c3ccc(NC(=O)c4cccc(C)c4)cc3)nn12. The molecule has 2 aromatic heterocycles. The van der Waals surface area contributed by atoms with Crippen LogP contribution in [0, 0.1) is 6.92 Å². The van der Waals surface area contributed by atoms with E-state index in [1.807, 2.05) is 56.3 Å². The third kappa shape index (κ3) is 3.09. The van der Waals surface area contributed by atoms with Crippen LogP contribution in [0.2, 0.25) is 0 Å². The number of benzene rings is 2. The maximum atomic E-state index is 12.3. The quantitative estimate of drug-likeness (QED) is 0.595. The Balaban J connectivity index is 1.54. The summed E-state index contributed by atoms with van der Waals surface area (Å²) < 4.78 is 1.79. The molecule has 0 bridgehead atoms. The summed E-state index contributed by atoms with van der Waals surface area (Å²) >= 11 is 1.50. The molecule has 0 fully saturated rings. The summed E-state index contributed by atoms with van der Waals surface area (Å²) in [6, 6.07) is 15.2. The number of carbonyl (C=O) groups is 1. The predicted octanol–water partition coefficient (Wildman–Crippen LogP) is 3.98. The number of rotatable bonds is 4. The summed E-state index contributed by atoms with van der Waals surface area (Å²) in [6.45, 7) is 4.00. The highest BCUT2D eigenvalue weighted by Gasteiger charge is 2.12. The number of nitrogens with zero attached hydrogens (tertiary/aromatic N) is 4. The van der Waals surface area contributed by atoms with Gasteiger partial charge in [0.25, 0.3) is 5.91 Å². The third-order valence-corrected chi connectivity index (χ3v) is 4.99. The topological polar surface area (TPSA) is 72.2 Å². The number of aromatic nitrogens is 4. The Morgan fingerprint density at radius 1 is 1.15 bits per heavy atom. The van der Waals surface area contributed by atoms with Crippen molar-refractivity contribution in [2.24, 2.45) is 0 Å². The lowest BCUT2D eigenvalue weighted by molar-refractivity contribution is 0.102. The average molecular weight is 363 g/mol. The van der Waals surface area contributed by atoms with Gasteiger partial charge < -0.3 is 5.32 Å². The Bertz CT molecular complexity index is 1080. The first-order valence-corrected chi connectivity index (χ1v) is 9.15. The molecule has 0 aliphatic heterocycles. The molecule has 2 aromatic carbocycles. The van der Waals surface area contributed by atoms with Crippen molar-refractivity contribution in [1.82, 2.24) is 19.8 Å². The smallest absolute Gasteiger partial charge is 0.255 e. The average Bonchev–Trinajstić information content (AvgIpc) is 3.23. The van der Waals surface area contributed by atoms with E-state index >= 15 is 0 Å². The van der Waals surface area contributed by atoms with Crippen LogP contribution in [0.15, 0.2) is 48.5 Å². The van der Waals surface area contributed by atoms with Crippen LogP contribution in [0.3, 0.4) is 0 Å². The zero-order valence-electron chi connectivity index (χ0n) is 14.4. The molecule has 1 N–H and O–H groups in total. The van der Waals surface area contributed by atoms with Gasteiger partial charge in [0, 0.05) is 23.2 Å². The van der Waals surface area contributed by atoms with Crippen molar-refractivity contribution in [1.29, 1.82) is 0 Å². The second-order valence-electron chi connectivity index (χ2n) is 5.97. The number of nitrogens with one attached hydrogen (secondary N) is 1. The fourth-order valence-corrected chi connectivity index (χ4v) is 3.54. The minimum atomic E-state index is -0.118. The van der Waals surface area contributed by atoms with Gasteiger partial charge in [-0.1, -0.05) is 36.0 Å². The summed E-state index contributed by atoms with van der Waals surface area (Å²) in [5, 5.41) is 16.6. The van der Waals surface area contributed by atoms with Crippen molar-refractivity contribution in [2.75, 3.05) is 5.32 Å². The molecule has 2 heterocycles. The Kier molecular flexibility index (Phi) is 4.22. The first-order chi connectivity index (χ1) is 12.6. The second-order valence-corrected chi connectivity index (χ2v) is 6.93. The summed E-state index contributed by atoms with van der Waals surface area (Å²) in [5.74, 6) is 0.734. The number of amides is 1. The molecule has 4 aromatic rings. The Morgan fingerprint density at radius 2 is 1.96 bits per heavy atom. The van der Waals surface area contributed by atoms with E-state index in [4.69, 9.17) is 0 Å². The third-order valence-electron chi connectivity index (χ3n) is 4.04. The molecule has 0 saturated carbocycles. The van der Waals surface area contributed by atoms with Crippen molar-refractivity contribution in [3.63, 3.8) is 0 Å². The molecule has 0 spiro atoms. The molecular formula is C19H17N5OS. The first-order valence-electron chi connectivity index (χ1n) is 8.33. The molecule has 0 aliphatic rings. The van der Waals surface area contributed by atoms with Gasteiger partial charge in [0.15, 0.2) is 5.82 Å². The van der Waals surface area contributed by atoms with E-state index in [1.165, 1.54) is 11.3 Å². The Hall–Kier alpha value is -3.06. The van der Waals surface area contributed by atoms with Gasteiger partial charge in [-0.25, -0.2) is 0 Å². The fraction of sp³-hybridized carbons (Fsp3) is 0.158. The predicted molar refractivity (Wildman–Crippen MR) is 103 cm³/mol. The summed E-state index contributed by atoms with van der Waals surface area (Å²) in [4.78, 5) is 13.1. The van der Waals surface area contributed by atoms with Gasteiger partial charge >= 0.3 is 0 Å². The van der Waals surface area contributed by atoms with E-state index in [9.17, 15) is 4.79 Å². The maximum Gasteiger partial charge on any atom is 0.255 e. The number of hydrogen-bond donors (Lipinski definition) is 1. The number of fused-ring (bicyclic) bond motifs is 1. The lowest BCUT2D eigenvalue weighted by atomic mass is 10.1. The summed E-state index contributed by atoms with van der Waals surface area (Å²) in [6.07, 6.45) is 0.786. The number of hydrogen-bond acceptors (Lipinski definition) is 5. The molecule has 4 rings (SSSR count). The maximum absolute atomic E-state index is 12.3. The van der Waals surface area contributed by atoms with Crippen molar-refractivity contribution in [3.8, 4) is 10.6 Å². The fourth-order valence-electron chi connectivity index (χ4n) is 2.68. The number of carbonyl (C=O) groups excluding carboxylic acids is 1. The monoisotopic (exact) mass is 363 g/mol. The molecule has 7 heteroatoms. The number of anilines is 1. The molecule has 1 amide bonds. The van der Waals surface area contributed by atoms with Gasteiger partial charge in [0.05, 0.1) is 0 Å².